The Morgan fingerprint density at radius 2 is 1.13 bits per heavy atom. The second-order valence-electron chi connectivity index (χ2n) is 11.7. The summed E-state index contributed by atoms with van der Waals surface area (Å²) < 4.78 is 8.40. The zero-order valence-corrected chi connectivity index (χ0v) is 24.2. The van der Waals surface area contributed by atoms with Crippen LogP contribution >= 0.6 is 0 Å². The van der Waals surface area contributed by atoms with Gasteiger partial charge in [-0.1, -0.05) is 97.1 Å². The number of nitrogens with zero attached hydrogens (tertiary/aromatic N) is 3. The van der Waals surface area contributed by atoms with E-state index in [0.29, 0.717) is 0 Å². The van der Waals surface area contributed by atoms with Crippen LogP contribution in [0.2, 0.25) is 0 Å². The Bertz CT molecular complexity index is 2610. The van der Waals surface area contributed by atoms with E-state index < -0.39 is 0 Å². The van der Waals surface area contributed by atoms with Crippen LogP contribution < -0.4 is 4.90 Å². The minimum atomic E-state index is 0.872. The maximum absolute atomic E-state index is 6.08. The fourth-order valence-electron chi connectivity index (χ4n) is 7.00. The maximum atomic E-state index is 6.08. The average Bonchev–Trinajstić information content (AvgIpc) is 3.62. The van der Waals surface area contributed by atoms with Crippen LogP contribution in [0.1, 0.15) is 0 Å². The maximum Gasteiger partial charge on any atom is 0.220 e. The van der Waals surface area contributed by atoms with Gasteiger partial charge in [0.25, 0.3) is 0 Å². The molecule has 0 N–H and O–H groups in total. The molecule has 0 saturated heterocycles. The molecule has 3 heterocycles. The van der Waals surface area contributed by atoms with Gasteiger partial charge in [0.05, 0.1) is 22.4 Å². The Morgan fingerprint density at radius 1 is 0.489 bits per heavy atom. The van der Waals surface area contributed by atoms with E-state index in [-0.39, 0.29) is 0 Å². The molecule has 0 bridgehead atoms. The van der Waals surface area contributed by atoms with Gasteiger partial charge >= 0.3 is 0 Å². The molecule has 0 unspecified atom stereocenters. The highest BCUT2D eigenvalue weighted by Crippen LogP contribution is 2.48. The van der Waals surface area contributed by atoms with E-state index in [4.69, 9.17) is 9.40 Å². The molecule has 0 amide bonds. The molecule has 2 aromatic heterocycles. The molecule has 1 aliphatic heterocycles. The summed E-state index contributed by atoms with van der Waals surface area (Å²) in [6.45, 7) is 0. The molecule has 0 atom stereocenters. The van der Waals surface area contributed by atoms with E-state index in [0.717, 1.165) is 67.1 Å². The molecule has 4 nitrogen and oxygen atoms in total. The molecule has 45 heavy (non-hydrogen) atoms. The van der Waals surface area contributed by atoms with Crippen LogP contribution in [-0.2, 0) is 0 Å². The van der Waals surface area contributed by atoms with Crippen LogP contribution in [-0.4, -0.2) is 9.55 Å². The number of hydrogen-bond acceptors (Lipinski definition) is 3. The number of furan rings is 1. The minimum Gasteiger partial charge on any atom is -0.456 e. The summed E-state index contributed by atoms with van der Waals surface area (Å²) in [6.07, 6.45) is 0. The van der Waals surface area contributed by atoms with Crippen molar-refractivity contribution in [3.8, 4) is 27.9 Å². The Hall–Kier alpha value is -6.13. The lowest BCUT2D eigenvalue weighted by Gasteiger charge is -2.24. The van der Waals surface area contributed by atoms with E-state index in [2.05, 4.69) is 149 Å². The number of hydrogen-bond donors (Lipinski definition) is 0. The van der Waals surface area contributed by atoms with E-state index in [1.807, 2.05) is 12.1 Å². The van der Waals surface area contributed by atoms with Crippen LogP contribution in [0.3, 0.4) is 0 Å². The van der Waals surface area contributed by atoms with Gasteiger partial charge in [0.15, 0.2) is 0 Å². The molecular weight excluding hydrogens is 550 g/mol. The van der Waals surface area contributed by atoms with Crippen LogP contribution in [0.5, 0.6) is 0 Å². The van der Waals surface area contributed by atoms with Crippen molar-refractivity contribution in [1.29, 1.82) is 0 Å². The molecule has 9 aromatic rings. The Labute approximate surface area is 259 Å². The first-order valence-corrected chi connectivity index (χ1v) is 15.2. The Morgan fingerprint density at radius 3 is 1.98 bits per heavy atom. The highest BCUT2D eigenvalue weighted by Gasteiger charge is 2.29. The average molecular weight is 576 g/mol. The zero-order chi connectivity index (χ0) is 29.5. The number of fused-ring (bicyclic) bond motifs is 11. The molecule has 0 fully saturated rings. The smallest absolute Gasteiger partial charge is 0.220 e. The molecule has 0 radical (unpaired) electrons. The van der Waals surface area contributed by atoms with Crippen molar-refractivity contribution in [3.05, 3.63) is 152 Å². The second-order valence-corrected chi connectivity index (χ2v) is 11.7. The summed E-state index contributed by atoms with van der Waals surface area (Å²) in [7, 11) is 0. The fourth-order valence-corrected chi connectivity index (χ4v) is 7.00. The van der Waals surface area contributed by atoms with Gasteiger partial charge in [0.2, 0.25) is 5.95 Å². The number of rotatable bonds is 2. The van der Waals surface area contributed by atoms with Crippen molar-refractivity contribution in [2.75, 3.05) is 4.90 Å². The number of imidazole rings is 1. The number of anilines is 3. The number of benzene rings is 7. The molecular formula is C41H25N3O. The van der Waals surface area contributed by atoms with Crippen molar-refractivity contribution >= 4 is 61.1 Å². The van der Waals surface area contributed by atoms with Crippen molar-refractivity contribution in [1.82, 2.24) is 9.55 Å². The molecule has 4 heteroatoms. The van der Waals surface area contributed by atoms with Gasteiger partial charge in [0, 0.05) is 27.6 Å². The quantitative estimate of drug-likeness (QED) is 0.206. The fraction of sp³-hybridized carbons (Fsp3) is 0. The molecule has 7 aromatic carbocycles. The van der Waals surface area contributed by atoms with Crippen LogP contribution in [0.15, 0.2) is 156 Å². The first kappa shape index (κ1) is 24.3. The summed E-state index contributed by atoms with van der Waals surface area (Å²) in [4.78, 5) is 7.64. The van der Waals surface area contributed by atoms with Gasteiger partial charge in [-0.15, -0.1) is 0 Å². The molecule has 0 spiro atoms. The summed E-state index contributed by atoms with van der Waals surface area (Å²) in [6, 6.07) is 53.8. The van der Waals surface area contributed by atoms with Gasteiger partial charge in [0.1, 0.15) is 11.2 Å². The summed E-state index contributed by atoms with van der Waals surface area (Å²) >= 11 is 0. The van der Waals surface area contributed by atoms with Gasteiger partial charge in [-0.3, -0.25) is 9.47 Å². The van der Waals surface area contributed by atoms with Crippen molar-refractivity contribution in [2.24, 2.45) is 0 Å². The van der Waals surface area contributed by atoms with E-state index in [9.17, 15) is 0 Å². The minimum absolute atomic E-state index is 0.872. The van der Waals surface area contributed by atoms with Gasteiger partial charge in [-0.05, 0) is 76.5 Å². The summed E-state index contributed by atoms with van der Waals surface area (Å²) in [5.74, 6) is 0.872. The first-order valence-electron chi connectivity index (χ1n) is 15.2. The number of aromatic nitrogens is 2. The Kier molecular flexibility index (Phi) is 4.96. The second kappa shape index (κ2) is 9.18. The van der Waals surface area contributed by atoms with E-state index in [1.54, 1.807) is 0 Å². The van der Waals surface area contributed by atoms with Crippen molar-refractivity contribution in [2.45, 2.75) is 0 Å². The van der Waals surface area contributed by atoms with Crippen LogP contribution in [0, 0.1) is 0 Å². The standard InChI is InChI=1S/C41H25N3O/c1-2-10-28-25-38-35(24-27(28)9-1)42-41-43(36-14-6-3-11-31(36)32-12-4-7-15-37(32)44(38)41)30-20-17-26(18-21-30)29-19-22-40-34(23-29)33-13-5-8-16-39(33)45-40/h1-25H. The molecule has 0 saturated carbocycles. The monoisotopic (exact) mass is 575 g/mol. The van der Waals surface area contributed by atoms with Crippen molar-refractivity contribution < 1.29 is 4.42 Å². The van der Waals surface area contributed by atoms with Crippen LogP contribution in [0.4, 0.5) is 17.3 Å². The largest absolute Gasteiger partial charge is 0.456 e. The third-order valence-electron chi connectivity index (χ3n) is 9.12. The normalized spacial score (nSPS) is 12.4. The highest BCUT2D eigenvalue weighted by molar-refractivity contribution is 6.06. The van der Waals surface area contributed by atoms with Crippen molar-refractivity contribution in [3.63, 3.8) is 0 Å². The predicted octanol–water partition coefficient (Wildman–Crippen LogP) is 11.2. The molecule has 10 rings (SSSR count). The first-order chi connectivity index (χ1) is 22.3. The van der Waals surface area contributed by atoms with Gasteiger partial charge in [-0.25, -0.2) is 4.98 Å². The van der Waals surface area contributed by atoms with Gasteiger partial charge in [-0.2, -0.15) is 0 Å². The molecule has 210 valence electrons. The summed E-state index contributed by atoms with van der Waals surface area (Å²) in [5.41, 5.74) is 11.8. The zero-order valence-electron chi connectivity index (χ0n) is 24.2. The van der Waals surface area contributed by atoms with Crippen LogP contribution in [0.25, 0.3) is 71.7 Å². The lowest BCUT2D eigenvalue weighted by molar-refractivity contribution is 0.669. The highest BCUT2D eigenvalue weighted by atomic mass is 16.3. The van der Waals surface area contributed by atoms with E-state index in [1.165, 1.54) is 21.9 Å². The SMILES string of the molecule is c1ccc2c(c1)-c1ccccc1-n1c(nc3cc4ccccc4cc31)N2c1ccc(-c2ccc3oc4ccccc4c3c2)cc1. The molecule has 1 aliphatic rings. The molecule has 0 aliphatic carbocycles. The predicted molar refractivity (Wildman–Crippen MR) is 185 cm³/mol. The Balaban J connectivity index is 1.18. The number of para-hydroxylation sites is 3. The van der Waals surface area contributed by atoms with Gasteiger partial charge < -0.3 is 4.42 Å². The third-order valence-corrected chi connectivity index (χ3v) is 9.12. The third kappa shape index (κ3) is 3.57. The lowest BCUT2D eigenvalue weighted by atomic mass is 10.0. The van der Waals surface area contributed by atoms with E-state index >= 15 is 0 Å². The lowest BCUT2D eigenvalue weighted by Crippen LogP contribution is -2.14. The summed E-state index contributed by atoms with van der Waals surface area (Å²) in [5, 5.41) is 4.65. The topological polar surface area (TPSA) is 34.2 Å².